The van der Waals surface area contributed by atoms with Crippen molar-refractivity contribution in [1.29, 1.82) is 0 Å². The number of benzene rings is 1. The zero-order valence-electron chi connectivity index (χ0n) is 10.1. The van der Waals surface area contributed by atoms with Crippen LogP contribution in [0.4, 0.5) is 0 Å². The van der Waals surface area contributed by atoms with E-state index in [0.717, 1.165) is 11.3 Å². The lowest BCUT2D eigenvalue weighted by atomic mass is 9.97. The number of hydrogen-bond acceptors (Lipinski definition) is 3. The number of aliphatic hydroxyl groups is 1. The first-order valence-electron chi connectivity index (χ1n) is 5.73. The molecule has 0 bridgehead atoms. The Kier molecular flexibility index (Phi) is 3.17. The van der Waals surface area contributed by atoms with Gasteiger partial charge in [-0.15, -0.1) is 0 Å². The molecule has 0 saturated carbocycles. The second kappa shape index (κ2) is 4.44. The number of hydrogen-bond donors (Lipinski definition) is 1. The molecule has 0 fully saturated rings. The van der Waals surface area contributed by atoms with Crippen molar-refractivity contribution >= 4 is 0 Å². The molecule has 16 heavy (non-hydrogen) atoms. The molecule has 1 aromatic carbocycles. The summed E-state index contributed by atoms with van der Waals surface area (Å²) >= 11 is 0. The Morgan fingerprint density at radius 2 is 2.06 bits per heavy atom. The van der Waals surface area contributed by atoms with Crippen molar-refractivity contribution in [1.82, 2.24) is 4.90 Å². The maximum atomic E-state index is 10.3. The zero-order chi connectivity index (χ0) is 11.7. The van der Waals surface area contributed by atoms with E-state index in [9.17, 15) is 5.11 Å². The van der Waals surface area contributed by atoms with Gasteiger partial charge in [-0.05, 0) is 27.0 Å². The summed E-state index contributed by atoms with van der Waals surface area (Å²) in [5.74, 6) is 0.809. The van der Waals surface area contributed by atoms with Crippen molar-refractivity contribution in [3.63, 3.8) is 0 Å². The summed E-state index contributed by atoms with van der Waals surface area (Å²) in [6, 6.07) is 8.13. The van der Waals surface area contributed by atoms with Crippen LogP contribution in [-0.4, -0.2) is 35.7 Å². The van der Waals surface area contributed by atoms with Gasteiger partial charge in [-0.3, -0.25) is 4.90 Å². The molecular formula is C13H19NO2. The van der Waals surface area contributed by atoms with Crippen LogP contribution in [0.1, 0.15) is 25.5 Å². The van der Waals surface area contributed by atoms with Gasteiger partial charge in [-0.2, -0.15) is 0 Å². The fourth-order valence-corrected chi connectivity index (χ4v) is 2.05. The third-order valence-corrected chi connectivity index (χ3v) is 3.35. The molecule has 3 heteroatoms. The van der Waals surface area contributed by atoms with Gasteiger partial charge in [0.2, 0.25) is 0 Å². The van der Waals surface area contributed by atoms with Gasteiger partial charge in [0, 0.05) is 11.6 Å². The molecule has 0 amide bonds. The molecule has 3 nitrogen and oxygen atoms in total. The summed E-state index contributed by atoms with van der Waals surface area (Å²) in [4.78, 5) is 2.15. The third kappa shape index (κ3) is 1.93. The molecule has 0 saturated heterocycles. The van der Waals surface area contributed by atoms with Crippen LogP contribution in [0.15, 0.2) is 24.3 Å². The molecular weight excluding hydrogens is 202 g/mol. The summed E-state index contributed by atoms with van der Waals surface area (Å²) < 4.78 is 5.68. The largest absolute Gasteiger partial charge is 0.491 e. The molecule has 2 rings (SSSR count). The summed E-state index contributed by atoms with van der Waals surface area (Å²) in [6.07, 6.45) is -0.461. The van der Waals surface area contributed by atoms with Crippen LogP contribution in [-0.2, 0) is 0 Å². The van der Waals surface area contributed by atoms with Crippen molar-refractivity contribution in [3.05, 3.63) is 29.8 Å². The molecule has 2 atom stereocenters. The van der Waals surface area contributed by atoms with Crippen LogP contribution >= 0.6 is 0 Å². The highest BCUT2D eigenvalue weighted by Gasteiger charge is 2.32. The number of aliphatic hydroxyl groups excluding tert-OH is 1. The van der Waals surface area contributed by atoms with Crippen molar-refractivity contribution in [3.8, 4) is 5.75 Å². The Balaban J connectivity index is 2.24. The fraction of sp³-hybridized carbons (Fsp3) is 0.538. The number of ether oxygens (including phenoxy) is 1. The van der Waals surface area contributed by atoms with Crippen LogP contribution in [0, 0.1) is 0 Å². The number of fused-ring (bicyclic) bond motifs is 1. The number of nitrogens with zero attached hydrogens (tertiary/aromatic N) is 1. The van der Waals surface area contributed by atoms with E-state index in [-0.39, 0.29) is 6.04 Å². The molecule has 2 unspecified atom stereocenters. The van der Waals surface area contributed by atoms with Crippen LogP contribution in [0.2, 0.25) is 0 Å². The van der Waals surface area contributed by atoms with Gasteiger partial charge in [0.05, 0.1) is 6.04 Å². The first kappa shape index (κ1) is 11.4. The molecule has 0 spiro atoms. The predicted octanol–water partition coefficient (Wildman–Crippen LogP) is 1.82. The summed E-state index contributed by atoms with van der Waals surface area (Å²) in [6.45, 7) is 4.79. The first-order valence-corrected chi connectivity index (χ1v) is 5.73. The quantitative estimate of drug-likeness (QED) is 0.827. The second-order valence-electron chi connectivity index (χ2n) is 4.62. The van der Waals surface area contributed by atoms with Crippen molar-refractivity contribution in [2.45, 2.75) is 32.0 Å². The van der Waals surface area contributed by atoms with Crippen molar-refractivity contribution in [2.75, 3.05) is 13.7 Å². The average Bonchev–Trinajstić information content (AvgIpc) is 2.29. The second-order valence-corrected chi connectivity index (χ2v) is 4.62. The Labute approximate surface area is 96.6 Å². The van der Waals surface area contributed by atoms with E-state index >= 15 is 0 Å². The lowest BCUT2D eigenvalue weighted by Crippen LogP contribution is -2.46. The smallest absolute Gasteiger partial charge is 0.125 e. The van der Waals surface area contributed by atoms with E-state index in [1.807, 2.05) is 31.3 Å². The molecule has 0 aliphatic carbocycles. The van der Waals surface area contributed by atoms with Crippen LogP contribution < -0.4 is 4.74 Å². The summed E-state index contributed by atoms with van der Waals surface area (Å²) in [5.41, 5.74) is 0.895. The van der Waals surface area contributed by atoms with Crippen LogP contribution in [0.3, 0.4) is 0 Å². The predicted molar refractivity (Wildman–Crippen MR) is 63.6 cm³/mol. The SMILES string of the molecule is CC(C)N(C)C1COc2ccccc2C1O. The van der Waals surface area contributed by atoms with Gasteiger partial charge in [-0.1, -0.05) is 18.2 Å². The number of likely N-dealkylation sites (N-methyl/N-ethyl adjacent to an activating group) is 1. The molecule has 0 aromatic heterocycles. The fourth-order valence-electron chi connectivity index (χ4n) is 2.05. The Hall–Kier alpha value is -1.06. The van der Waals surface area contributed by atoms with Crippen LogP contribution in [0.25, 0.3) is 0 Å². The lowest BCUT2D eigenvalue weighted by molar-refractivity contribution is 0.00281. The molecule has 1 aliphatic heterocycles. The van der Waals surface area contributed by atoms with Crippen molar-refractivity contribution < 1.29 is 9.84 Å². The highest BCUT2D eigenvalue weighted by molar-refractivity contribution is 5.37. The number of rotatable bonds is 2. The molecule has 88 valence electrons. The third-order valence-electron chi connectivity index (χ3n) is 3.35. The minimum atomic E-state index is -0.461. The van der Waals surface area contributed by atoms with Gasteiger partial charge in [0.25, 0.3) is 0 Å². The standard InChI is InChI=1S/C13H19NO2/c1-9(2)14(3)11-8-16-12-7-5-4-6-10(12)13(11)15/h4-7,9,11,13,15H,8H2,1-3H3. The van der Waals surface area contributed by atoms with Gasteiger partial charge < -0.3 is 9.84 Å². The number of para-hydroxylation sites is 1. The van der Waals surface area contributed by atoms with Gasteiger partial charge in [0.1, 0.15) is 18.5 Å². The van der Waals surface area contributed by atoms with E-state index < -0.39 is 6.10 Å². The average molecular weight is 221 g/mol. The lowest BCUT2D eigenvalue weighted by Gasteiger charge is -2.38. The Morgan fingerprint density at radius 3 is 2.75 bits per heavy atom. The van der Waals surface area contributed by atoms with Gasteiger partial charge >= 0.3 is 0 Å². The Bertz CT molecular complexity index is 365. The van der Waals surface area contributed by atoms with Crippen molar-refractivity contribution in [2.24, 2.45) is 0 Å². The van der Waals surface area contributed by atoms with Gasteiger partial charge in [-0.25, -0.2) is 0 Å². The van der Waals surface area contributed by atoms with Crippen LogP contribution in [0.5, 0.6) is 5.75 Å². The first-order chi connectivity index (χ1) is 7.61. The highest BCUT2D eigenvalue weighted by Crippen LogP contribution is 2.33. The zero-order valence-corrected chi connectivity index (χ0v) is 10.1. The molecule has 1 heterocycles. The highest BCUT2D eigenvalue weighted by atomic mass is 16.5. The minimum Gasteiger partial charge on any atom is -0.491 e. The monoisotopic (exact) mass is 221 g/mol. The molecule has 1 N–H and O–H groups in total. The van der Waals surface area contributed by atoms with E-state index in [2.05, 4.69) is 18.7 Å². The summed E-state index contributed by atoms with van der Waals surface area (Å²) in [7, 11) is 2.02. The topological polar surface area (TPSA) is 32.7 Å². The molecule has 1 aromatic rings. The van der Waals surface area contributed by atoms with E-state index in [1.54, 1.807) is 0 Å². The van der Waals surface area contributed by atoms with E-state index in [0.29, 0.717) is 12.6 Å². The maximum Gasteiger partial charge on any atom is 0.125 e. The van der Waals surface area contributed by atoms with Gasteiger partial charge in [0.15, 0.2) is 0 Å². The maximum absolute atomic E-state index is 10.3. The summed E-state index contributed by atoms with van der Waals surface area (Å²) in [5, 5.41) is 10.3. The molecule has 1 aliphatic rings. The van der Waals surface area contributed by atoms with E-state index in [4.69, 9.17) is 4.74 Å². The van der Waals surface area contributed by atoms with E-state index in [1.165, 1.54) is 0 Å². The minimum absolute atomic E-state index is 0.0369. The molecule has 0 radical (unpaired) electrons. The normalized spacial score (nSPS) is 24.4. The Morgan fingerprint density at radius 1 is 1.38 bits per heavy atom.